The van der Waals surface area contributed by atoms with Gasteiger partial charge in [-0.15, -0.1) is 0 Å². The van der Waals surface area contributed by atoms with Crippen LogP contribution in [0.2, 0.25) is 0 Å². The van der Waals surface area contributed by atoms with Crippen molar-refractivity contribution in [2.75, 3.05) is 25.6 Å². The Kier molecular flexibility index (Phi) is 5.68. The first-order valence-corrected chi connectivity index (χ1v) is 10.1. The minimum Gasteiger partial charge on any atom is -0.356 e. The van der Waals surface area contributed by atoms with Gasteiger partial charge in [-0.2, -0.15) is 0 Å². The molecule has 1 aliphatic rings. The van der Waals surface area contributed by atoms with E-state index < -0.39 is 9.84 Å². The maximum atomic E-state index is 11.5. The van der Waals surface area contributed by atoms with E-state index in [4.69, 9.17) is 0 Å². The van der Waals surface area contributed by atoms with Crippen molar-refractivity contribution in [3.8, 4) is 0 Å². The molecular weight excluding hydrogens is 310 g/mol. The van der Waals surface area contributed by atoms with E-state index in [9.17, 15) is 8.42 Å². The van der Waals surface area contributed by atoms with Crippen LogP contribution in [0.4, 0.5) is 0 Å². The molecular formula is C17H27N3O2S. The van der Waals surface area contributed by atoms with Crippen molar-refractivity contribution in [3.05, 3.63) is 35.4 Å². The highest BCUT2D eigenvalue weighted by atomic mass is 32.2. The number of nitrogens with zero attached hydrogens (tertiary/aromatic N) is 1. The van der Waals surface area contributed by atoms with Crippen LogP contribution in [0.5, 0.6) is 0 Å². The van der Waals surface area contributed by atoms with Crippen LogP contribution in [0.1, 0.15) is 30.9 Å². The summed E-state index contributed by atoms with van der Waals surface area (Å²) in [4.78, 5) is 4.23. The van der Waals surface area contributed by atoms with Crippen LogP contribution in [0.15, 0.2) is 29.3 Å². The Morgan fingerprint density at radius 2 is 1.87 bits per heavy atom. The standard InChI is InChI=1S/C17H27N3O2S/c1-4-14-7-5-6-8-15(14)11-19-16(18-2)20-12-17(9-10-17)13-23(3,21)22/h5-8H,4,9-13H2,1-3H3,(H2,18,19,20). The summed E-state index contributed by atoms with van der Waals surface area (Å²) in [6, 6.07) is 8.35. The number of rotatable bonds is 7. The van der Waals surface area contributed by atoms with Crippen molar-refractivity contribution >= 4 is 15.8 Å². The predicted octanol–water partition coefficient (Wildman–Crippen LogP) is 1.74. The number of hydrogen-bond acceptors (Lipinski definition) is 3. The Morgan fingerprint density at radius 3 is 2.39 bits per heavy atom. The van der Waals surface area contributed by atoms with Gasteiger partial charge in [0.1, 0.15) is 9.84 Å². The number of guanidine groups is 1. The quantitative estimate of drug-likeness (QED) is 0.587. The molecule has 0 radical (unpaired) electrons. The number of benzene rings is 1. The van der Waals surface area contributed by atoms with Crippen molar-refractivity contribution in [1.29, 1.82) is 0 Å². The molecule has 0 unspecified atom stereocenters. The lowest BCUT2D eigenvalue weighted by atomic mass is 10.1. The predicted molar refractivity (Wildman–Crippen MR) is 95.4 cm³/mol. The highest BCUT2D eigenvalue weighted by Crippen LogP contribution is 2.45. The molecule has 2 N–H and O–H groups in total. The molecule has 2 rings (SSSR count). The Balaban J connectivity index is 1.87. The molecule has 1 fully saturated rings. The van der Waals surface area contributed by atoms with Crippen LogP contribution in [0, 0.1) is 5.41 Å². The first kappa shape index (κ1) is 17.8. The van der Waals surface area contributed by atoms with Gasteiger partial charge in [-0.25, -0.2) is 8.42 Å². The third kappa shape index (κ3) is 5.53. The highest BCUT2D eigenvalue weighted by Gasteiger charge is 2.45. The van der Waals surface area contributed by atoms with Gasteiger partial charge in [-0.1, -0.05) is 31.2 Å². The van der Waals surface area contributed by atoms with Gasteiger partial charge in [0.2, 0.25) is 0 Å². The van der Waals surface area contributed by atoms with Gasteiger partial charge in [-0.3, -0.25) is 4.99 Å². The van der Waals surface area contributed by atoms with Gasteiger partial charge in [-0.05, 0) is 30.4 Å². The lowest BCUT2D eigenvalue weighted by Gasteiger charge is -2.18. The molecule has 0 atom stereocenters. The Labute approximate surface area is 139 Å². The normalized spacial score (nSPS) is 16.9. The number of sulfone groups is 1. The van der Waals surface area contributed by atoms with Crippen molar-refractivity contribution in [2.24, 2.45) is 10.4 Å². The van der Waals surface area contributed by atoms with Crippen LogP contribution in [0.3, 0.4) is 0 Å². The highest BCUT2D eigenvalue weighted by molar-refractivity contribution is 7.90. The maximum Gasteiger partial charge on any atom is 0.191 e. The molecule has 0 heterocycles. The van der Waals surface area contributed by atoms with Gasteiger partial charge in [0.05, 0.1) is 5.75 Å². The second-order valence-electron chi connectivity index (χ2n) is 6.47. The van der Waals surface area contributed by atoms with E-state index in [0.29, 0.717) is 13.1 Å². The van der Waals surface area contributed by atoms with Gasteiger partial charge in [0, 0.05) is 31.8 Å². The number of hydrogen-bond donors (Lipinski definition) is 2. The van der Waals surface area contributed by atoms with Crippen LogP contribution >= 0.6 is 0 Å². The average Bonchev–Trinajstić information content (AvgIpc) is 3.25. The molecule has 5 nitrogen and oxygen atoms in total. The summed E-state index contributed by atoms with van der Waals surface area (Å²) >= 11 is 0. The first-order valence-electron chi connectivity index (χ1n) is 8.06. The van der Waals surface area contributed by atoms with E-state index in [-0.39, 0.29) is 11.2 Å². The smallest absolute Gasteiger partial charge is 0.191 e. The molecule has 0 aliphatic heterocycles. The zero-order valence-corrected chi connectivity index (χ0v) is 15.0. The SMILES string of the molecule is CCc1ccccc1CNC(=NC)NCC1(CS(C)(=O)=O)CC1. The van der Waals surface area contributed by atoms with E-state index in [0.717, 1.165) is 25.2 Å². The second-order valence-corrected chi connectivity index (χ2v) is 8.61. The summed E-state index contributed by atoms with van der Waals surface area (Å²) in [6.45, 7) is 3.51. The van der Waals surface area contributed by atoms with Gasteiger partial charge < -0.3 is 10.6 Å². The molecule has 23 heavy (non-hydrogen) atoms. The van der Waals surface area contributed by atoms with Crippen LogP contribution in [-0.2, 0) is 22.8 Å². The fraction of sp³-hybridized carbons (Fsp3) is 0.588. The molecule has 0 spiro atoms. The molecule has 0 bridgehead atoms. The molecule has 128 valence electrons. The molecule has 0 amide bonds. The summed E-state index contributed by atoms with van der Waals surface area (Å²) in [7, 11) is -1.21. The van der Waals surface area contributed by atoms with Crippen molar-refractivity contribution < 1.29 is 8.42 Å². The number of nitrogens with one attached hydrogen (secondary N) is 2. The van der Waals surface area contributed by atoms with Crippen LogP contribution in [-0.4, -0.2) is 40.0 Å². The summed E-state index contributed by atoms with van der Waals surface area (Å²) in [5.74, 6) is 0.971. The fourth-order valence-corrected chi connectivity index (χ4v) is 4.35. The third-order valence-electron chi connectivity index (χ3n) is 4.33. The van der Waals surface area contributed by atoms with Crippen molar-refractivity contribution in [3.63, 3.8) is 0 Å². The molecule has 1 aliphatic carbocycles. The lowest BCUT2D eigenvalue weighted by molar-refractivity contribution is 0.529. The summed E-state index contributed by atoms with van der Waals surface area (Å²) in [6.07, 6.45) is 4.23. The number of aryl methyl sites for hydroxylation is 1. The summed E-state index contributed by atoms with van der Waals surface area (Å²) in [5, 5.41) is 6.59. The van der Waals surface area contributed by atoms with Crippen LogP contribution < -0.4 is 10.6 Å². The third-order valence-corrected chi connectivity index (χ3v) is 5.46. The Bertz CT molecular complexity index is 664. The molecule has 1 saturated carbocycles. The lowest BCUT2D eigenvalue weighted by Crippen LogP contribution is -2.41. The van der Waals surface area contributed by atoms with E-state index >= 15 is 0 Å². The first-order chi connectivity index (χ1) is 10.9. The van der Waals surface area contributed by atoms with Crippen molar-refractivity contribution in [2.45, 2.75) is 32.7 Å². The summed E-state index contributed by atoms with van der Waals surface area (Å²) < 4.78 is 23.0. The zero-order chi connectivity index (χ0) is 16.9. The topological polar surface area (TPSA) is 70.6 Å². The Morgan fingerprint density at radius 1 is 1.22 bits per heavy atom. The largest absolute Gasteiger partial charge is 0.356 e. The zero-order valence-electron chi connectivity index (χ0n) is 14.2. The Hall–Kier alpha value is -1.56. The molecule has 1 aromatic rings. The van der Waals surface area contributed by atoms with Gasteiger partial charge in [0.25, 0.3) is 0 Å². The summed E-state index contributed by atoms with van der Waals surface area (Å²) in [5.41, 5.74) is 2.48. The van der Waals surface area contributed by atoms with E-state index in [2.05, 4.69) is 40.7 Å². The molecule has 0 saturated heterocycles. The molecule has 6 heteroatoms. The van der Waals surface area contributed by atoms with E-state index in [1.54, 1.807) is 7.05 Å². The van der Waals surface area contributed by atoms with Gasteiger partial charge in [0.15, 0.2) is 5.96 Å². The maximum absolute atomic E-state index is 11.5. The second kappa shape index (κ2) is 7.34. The van der Waals surface area contributed by atoms with E-state index in [1.165, 1.54) is 17.4 Å². The van der Waals surface area contributed by atoms with Gasteiger partial charge >= 0.3 is 0 Å². The molecule has 1 aromatic carbocycles. The van der Waals surface area contributed by atoms with Crippen LogP contribution in [0.25, 0.3) is 0 Å². The minimum absolute atomic E-state index is 0.105. The fourth-order valence-electron chi connectivity index (χ4n) is 2.85. The molecule has 0 aromatic heterocycles. The van der Waals surface area contributed by atoms with Crippen molar-refractivity contribution in [1.82, 2.24) is 10.6 Å². The average molecular weight is 337 g/mol. The minimum atomic E-state index is -2.94. The monoisotopic (exact) mass is 337 g/mol. The van der Waals surface area contributed by atoms with E-state index in [1.807, 2.05) is 6.07 Å². The number of aliphatic imine (C=N–C) groups is 1.